The smallest absolute Gasteiger partial charge is 0.462 e. The molecule has 0 heterocycles. The van der Waals surface area contributed by atoms with Crippen molar-refractivity contribution in [3.63, 3.8) is 0 Å². The molecule has 0 saturated heterocycles. The first-order valence-electron chi connectivity index (χ1n) is 22.4. The molecule has 2 unspecified atom stereocenters. The van der Waals surface area contributed by atoms with Crippen molar-refractivity contribution in [1.82, 2.24) is 0 Å². The zero-order valence-electron chi connectivity index (χ0n) is 37.3. The van der Waals surface area contributed by atoms with Gasteiger partial charge in [-0.3, -0.25) is 23.2 Å². The molecule has 16 heteroatoms. The van der Waals surface area contributed by atoms with E-state index in [1.54, 1.807) is 6.08 Å². The molecule has 0 aliphatic rings. The van der Waals surface area contributed by atoms with Crippen molar-refractivity contribution >= 4 is 27.6 Å². The summed E-state index contributed by atoms with van der Waals surface area (Å²) in [5, 5.41) is 19.5. The van der Waals surface area contributed by atoms with Gasteiger partial charge in [0.2, 0.25) is 0 Å². The molecule has 0 fully saturated rings. The zero-order valence-corrected chi connectivity index (χ0v) is 39.1. The third-order valence-electron chi connectivity index (χ3n) is 8.83. The molecule has 4 atom stereocenters. The van der Waals surface area contributed by atoms with Crippen molar-refractivity contribution in [2.24, 2.45) is 0 Å². The van der Waals surface area contributed by atoms with E-state index in [1.807, 2.05) is 61.6 Å². The summed E-state index contributed by atoms with van der Waals surface area (Å²) in [6, 6.07) is 0. The first kappa shape index (κ1) is 59.3. The highest BCUT2D eigenvalue weighted by atomic mass is 31.2. The largest absolute Gasteiger partial charge is 0.472 e. The Morgan fingerprint density at radius 3 is 1.69 bits per heavy atom. The topological polar surface area (TPSA) is 216 Å². The van der Waals surface area contributed by atoms with Gasteiger partial charge in [0, 0.05) is 12.8 Å². The molecule has 0 spiro atoms. The minimum atomic E-state index is -4.88. The maximum atomic E-state index is 12.7. The second kappa shape index (κ2) is 41.0. The second-order valence-corrected chi connectivity index (χ2v) is 17.5. The summed E-state index contributed by atoms with van der Waals surface area (Å²) >= 11 is 0. The van der Waals surface area contributed by atoms with E-state index in [1.165, 1.54) is 19.3 Å². The Bertz CT molecular complexity index is 1430. The molecule has 62 heavy (non-hydrogen) atoms. The van der Waals surface area contributed by atoms with E-state index >= 15 is 0 Å². The number of phosphoric acid groups is 2. The van der Waals surface area contributed by atoms with Crippen LogP contribution >= 0.6 is 15.6 Å². The Balaban J connectivity index is 4.65. The van der Waals surface area contributed by atoms with Crippen LogP contribution in [-0.2, 0) is 41.8 Å². The summed E-state index contributed by atoms with van der Waals surface area (Å²) < 4.78 is 47.7. The van der Waals surface area contributed by atoms with Crippen LogP contribution in [0.25, 0.3) is 0 Å². The number of unbranched alkanes of at least 4 members (excludes halogenated alkanes) is 11. The minimum absolute atomic E-state index is 0.0929. The van der Waals surface area contributed by atoms with Gasteiger partial charge < -0.3 is 34.4 Å². The Kier molecular flexibility index (Phi) is 39.2. The lowest BCUT2D eigenvalue weighted by atomic mass is 10.1. The monoisotopic (exact) mass is 916 g/mol. The van der Waals surface area contributed by atoms with E-state index in [4.69, 9.17) is 23.8 Å². The van der Waals surface area contributed by atoms with Crippen LogP contribution in [0.2, 0.25) is 0 Å². The number of esters is 2. The lowest BCUT2D eigenvalue weighted by Gasteiger charge is -2.20. The van der Waals surface area contributed by atoms with Crippen LogP contribution in [0.15, 0.2) is 85.1 Å². The van der Waals surface area contributed by atoms with Gasteiger partial charge in [-0.2, -0.15) is 0 Å². The summed E-state index contributed by atoms with van der Waals surface area (Å²) in [5.74, 6) is -1.14. The summed E-state index contributed by atoms with van der Waals surface area (Å²) in [4.78, 5) is 52.7. The van der Waals surface area contributed by atoms with Gasteiger partial charge in [0.05, 0.1) is 25.9 Å². The number of aliphatic hydroxyl groups excluding tert-OH is 2. The second-order valence-electron chi connectivity index (χ2n) is 14.8. The summed E-state index contributed by atoms with van der Waals surface area (Å²) in [5.41, 5.74) is 0. The fourth-order valence-electron chi connectivity index (χ4n) is 5.43. The summed E-state index contributed by atoms with van der Waals surface area (Å²) in [6.07, 6.45) is 43.4. The number of phosphoric ester groups is 2. The Morgan fingerprint density at radius 2 is 1.06 bits per heavy atom. The fourth-order valence-corrected chi connectivity index (χ4v) is 6.59. The normalized spacial score (nSPS) is 15.3. The minimum Gasteiger partial charge on any atom is -0.462 e. The van der Waals surface area contributed by atoms with Crippen LogP contribution < -0.4 is 0 Å². The number of hydrogen-bond acceptors (Lipinski definition) is 11. The SMILES string of the molecule is CC/C=C\C(O)C/C=C/C=C\C/C=C\C/C=C\CCCC(=O)OC[C@H](COP(=O)(O)OC[C@@H](O)COP(=O)(O)O)OC(=O)CCCCCCCCC/C=C\C/C=C\CCCCC. The van der Waals surface area contributed by atoms with Gasteiger partial charge in [-0.15, -0.1) is 0 Å². The van der Waals surface area contributed by atoms with E-state index in [2.05, 4.69) is 40.3 Å². The maximum absolute atomic E-state index is 12.7. The molecule has 0 amide bonds. The highest BCUT2D eigenvalue weighted by Gasteiger charge is 2.28. The lowest BCUT2D eigenvalue weighted by Crippen LogP contribution is -2.30. The predicted octanol–water partition coefficient (Wildman–Crippen LogP) is 10.5. The number of hydrogen-bond donors (Lipinski definition) is 5. The third-order valence-corrected chi connectivity index (χ3v) is 10.3. The molecule has 0 aromatic carbocycles. The van der Waals surface area contributed by atoms with E-state index < -0.39 is 72.3 Å². The average molecular weight is 917 g/mol. The van der Waals surface area contributed by atoms with E-state index in [0.29, 0.717) is 25.7 Å². The van der Waals surface area contributed by atoms with Crippen molar-refractivity contribution in [2.45, 2.75) is 167 Å². The number of allylic oxidation sites excluding steroid dienone is 12. The Labute approximate surface area is 371 Å². The van der Waals surface area contributed by atoms with E-state index in [-0.39, 0.29) is 12.8 Å². The highest BCUT2D eigenvalue weighted by Crippen LogP contribution is 2.43. The van der Waals surface area contributed by atoms with Crippen molar-refractivity contribution in [2.75, 3.05) is 26.4 Å². The molecule has 0 aliphatic heterocycles. The van der Waals surface area contributed by atoms with Crippen LogP contribution in [0.1, 0.15) is 149 Å². The molecule has 0 aliphatic carbocycles. The van der Waals surface area contributed by atoms with Gasteiger partial charge in [-0.1, -0.05) is 144 Å². The Morgan fingerprint density at radius 1 is 0.548 bits per heavy atom. The number of carbonyl (C=O) groups excluding carboxylic acids is 2. The van der Waals surface area contributed by atoms with Crippen LogP contribution in [-0.4, -0.2) is 81.6 Å². The van der Waals surface area contributed by atoms with Crippen molar-refractivity contribution in [3.05, 3.63) is 85.1 Å². The van der Waals surface area contributed by atoms with Gasteiger partial charge >= 0.3 is 27.6 Å². The molecule has 0 rings (SSSR count). The molecule has 0 aromatic rings. The molecule has 5 N–H and O–H groups in total. The quantitative estimate of drug-likeness (QED) is 0.0127. The predicted molar refractivity (Wildman–Crippen MR) is 245 cm³/mol. The molecule has 14 nitrogen and oxygen atoms in total. The van der Waals surface area contributed by atoms with Crippen LogP contribution in [0, 0.1) is 0 Å². The van der Waals surface area contributed by atoms with E-state index in [9.17, 15) is 33.8 Å². The molecule has 0 bridgehead atoms. The number of rotatable bonds is 41. The number of ether oxygens (including phenoxy) is 2. The fraction of sp³-hybridized carbons (Fsp3) is 0.652. The van der Waals surface area contributed by atoms with Gasteiger partial charge in [-0.05, 0) is 77.0 Å². The molecular formula is C46H78O14P2. The first-order chi connectivity index (χ1) is 29.8. The van der Waals surface area contributed by atoms with Gasteiger partial charge in [0.1, 0.15) is 12.7 Å². The molecule has 0 aromatic heterocycles. The van der Waals surface area contributed by atoms with Gasteiger partial charge in [0.15, 0.2) is 6.10 Å². The maximum Gasteiger partial charge on any atom is 0.472 e. The van der Waals surface area contributed by atoms with Gasteiger partial charge in [-0.25, -0.2) is 9.13 Å². The highest BCUT2D eigenvalue weighted by molar-refractivity contribution is 7.47. The first-order valence-corrected chi connectivity index (χ1v) is 25.4. The lowest BCUT2D eigenvalue weighted by molar-refractivity contribution is -0.161. The van der Waals surface area contributed by atoms with Crippen LogP contribution in [0.5, 0.6) is 0 Å². The van der Waals surface area contributed by atoms with Crippen LogP contribution in [0.3, 0.4) is 0 Å². The van der Waals surface area contributed by atoms with Crippen LogP contribution in [0.4, 0.5) is 0 Å². The van der Waals surface area contributed by atoms with E-state index in [0.717, 1.165) is 77.0 Å². The average Bonchev–Trinajstić information content (AvgIpc) is 3.23. The number of carbonyl (C=O) groups is 2. The summed E-state index contributed by atoms with van der Waals surface area (Å²) in [7, 11) is -9.72. The molecular weight excluding hydrogens is 838 g/mol. The van der Waals surface area contributed by atoms with Crippen molar-refractivity contribution < 1.29 is 66.7 Å². The van der Waals surface area contributed by atoms with Crippen molar-refractivity contribution in [1.29, 1.82) is 0 Å². The Hall–Kier alpha value is -2.74. The molecule has 0 radical (unpaired) electrons. The zero-order chi connectivity index (χ0) is 46.0. The molecule has 356 valence electrons. The van der Waals surface area contributed by atoms with Crippen molar-refractivity contribution in [3.8, 4) is 0 Å². The van der Waals surface area contributed by atoms with Gasteiger partial charge in [0.25, 0.3) is 0 Å². The third kappa shape index (κ3) is 43.9. The number of aliphatic hydroxyl groups is 2. The standard InChI is InChI=1S/C46H78O14P2/c1-3-5-7-8-9-10-11-12-13-14-15-16-21-24-27-30-33-37-46(50)60-44(41-59-62(54,55)58-39-43(48)38-57-61(51,52)53)40-56-45(49)36-32-29-26-23-20-18-17-19-22-25-28-31-35-42(47)34-6-4-2/h6,9-10,12-13,17-18,22-23,25-26,28,31,34,42-44,47-48H,3-5,7-8,11,14-16,19-21,24,27,29-30,32-33,35-41H2,1-2H3,(H,54,55)(H2,51,52,53)/b10-9-,13-12-,18-17-,25-22-,26-23-,31-28+,34-6-/t42?,43-,44+/m0/s1. The summed E-state index contributed by atoms with van der Waals surface area (Å²) in [6.45, 7) is 1.40. The molecule has 0 saturated carbocycles.